The molecule has 1 aliphatic carbocycles. The maximum absolute atomic E-state index is 15.5. The molecule has 42 nitrogen and oxygen atoms in total. The van der Waals surface area contributed by atoms with Crippen molar-refractivity contribution in [1.82, 2.24) is 84.7 Å². The Kier molecular flexibility index (Phi) is 45.5. The third-order valence-electron chi connectivity index (χ3n) is 24.1. The van der Waals surface area contributed by atoms with Crippen LogP contribution in [-0.2, 0) is 106 Å². The second-order valence-electron chi connectivity index (χ2n) is 36.4. The number of para-hydroxylation sites is 1. The molecule has 43 heteroatoms. The summed E-state index contributed by atoms with van der Waals surface area (Å²) in [5.41, 5.74) is 27.2. The van der Waals surface area contributed by atoms with E-state index in [1.165, 1.54) is 31.2 Å². The van der Waals surface area contributed by atoms with Crippen LogP contribution in [0.2, 0.25) is 0 Å². The van der Waals surface area contributed by atoms with E-state index in [9.17, 15) is 72.9 Å². The molecule has 2 unspecified atom stereocenters. The molecule has 4 aromatic carbocycles. The second kappa shape index (κ2) is 56.1. The van der Waals surface area contributed by atoms with E-state index in [0.29, 0.717) is 46.6 Å². The fourth-order valence-corrected chi connectivity index (χ4v) is 16.8. The third-order valence-corrected chi connectivity index (χ3v) is 25.1. The van der Waals surface area contributed by atoms with Crippen LogP contribution in [0.15, 0.2) is 109 Å². The average Bonchev–Trinajstić information content (AvgIpc) is 1.69. The highest BCUT2D eigenvalue weighted by molar-refractivity contribution is 8.00. The summed E-state index contributed by atoms with van der Waals surface area (Å²) in [5.74, 6) is -23.0. The fraction of sp³-hybridized carbons (Fsp3) is 0.542. The molecule has 2 fully saturated rings. The Morgan fingerprint density at radius 3 is 1.48 bits per heavy atom. The molecule has 2 aliphatic rings. The molecule has 27 N–H and O–H groups in total. The molecule has 0 radical (unpaired) electrons. The average molecular weight is 1960 g/mol. The van der Waals surface area contributed by atoms with Gasteiger partial charge in [-0.1, -0.05) is 179 Å². The van der Waals surface area contributed by atoms with Crippen LogP contribution in [0.5, 0.6) is 5.75 Å². The number of primary amides is 1. The summed E-state index contributed by atoms with van der Waals surface area (Å²) < 4.78 is 5.29. The second-order valence-corrected chi connectivity index (χ2v) is 37.5. The van der Waals surface area contributed by atoms with E-state index >= 15 is 28.8 Å². The van der Waals surface area contributed by atoms with E-state index in [2.05, 4.69) is 84.7 Å². The number of amides is 16. The number of aliphatic hydroxyl groups is 1. The van der Waals surface area contributed by atoms with Crippen LogP contribution in [0.25, 0.3) is 22.0 Å². The summed E-state index contributed by atoms with van der Waals surface area (Å²) in [4.78, 5) is 263. The van der Waals surface area contributed by atoms with Gasteiger partial charge in [0.1, 0.15) is 96.4 Å². The molecule has 139 heavy (non-hydrogen) atoms. The number of carboxylic acid groups (broad SMARTS) is 2. The predicted octanol–water partition coefficient (Wildman–Crippen LogP) is -0.873. The molecule has 17 atom stereocenters. The lowest BCUT2D eigenvalue weighted by Gasteiger charge is -2.31. The van der Waals surface area contributed by atoms with Gasteiger partial charge in [-0.2, -0.15) is 0 Å². The number of carboxylic acids is 2. The number of nitrogens with one attached hydrogen (secondary N) is 16. The number of benzene rings is 4. The summed E-state index contributed by atoms with van der Waals surface area (Å²) in [5, 5.41) is 71.0. The minimum absolute atomic E-state index is 0.0220. The number of H-pyrrole nitrogens is 1. The van der Waals surface area contributed by atoms with Gasteiger partial charge in [0.25, 0.3) is 0 Å². The van der Waals surface area contributed by atoms with Gasteiger partial charge in [0.15, 0.2) is 6.61 Å². The largest absolute Gasteiger partial charge is 0.482 e. The minimum atomic E-state index is -2.10. The Labute approximate surface area is 811 Å². The van der Waals surface area contributed by atoms with Gasteiger partial charge in [0.05, 0.1) is 18.3 Å². The highest BCUT2D eigenvalue weighted by Crippen LogP contribution is 2.29. The van der Waals surface area contributed by atoms with Crippen LogP contribution in [-0.4, -0.2) is 261 Å². The standard InChI is InChI=1S/C96H138N20O22S/c1-11-53(8)80-95(136)105-65(27-20-37-97)83(124)106-67(39-50(2)3)85(126)104-66(36-38-98)84(125)107-69(40-56-21-14-12-15-22-56)88(129)114-79(52(6)7)94(135)116-81(55(10)117)96(137)112-74(92(133)102-54(9)82(100)123)48-139-49-75(118)103-73(45-99)91(132)108-68(42-58-30-34-62(35-31-58)138-47-77(121)122)86(127)110-72(44-76(119)120)87(128)109-71(43-61-46-101-64-26-19-18-25-63(61)64)90(131)113-78(51(4)5)93(134)111-70(89(130)115-80)41-57-28-32-60(33-29-57)59-23-16-13-17-24-59/h13,16-19,23-26,28-35,46,50-56,65-74,78-81,101,117H,11-12,14-15,20-22,27,36-45,47-49,97-99H2,1-10H3,(H2,100,123)(H,102,133)(H,103,118)(H,104,126)(H,105,136)(H,106,124)(H,107,125)(H,108,132)(H,109,128)(H,110,127)(H,111,134)(H,112,137)(H,113,131)(H,114,129)(H,115,130)(H,116,135)(H,119,120)(H,121,122)/t53?,54-,55?,65-,66-,67+,68-,69-,70-,71-,72-,73-,74-,78-,79-,80-,81-/m0/s1. The van der Waals surface area contributed by atoms with E-state index in [1.54, 1.807) is 110 Å². The molecule has 760 valence electrons. The maximum atomic E-state index is 15.5. The molecule has 2 heterocycles. The van der Waals surface area contributed by atoms with Gasteiger partial charge >= 0.3 is 11.9 Å². The van der Waals surface area contributed by atoms with Crippen LogP contribution in [0.3, 0.4) is 0 Å². The van der Waals surface area contributed by atoms with Gasteiger partial charge in [0.2, 0.25) is 94.5 Å². The summed E-state index contributed by atoms with van der Waals surface area (Å²) in [6, 6.07) is 4.55. The van der Waals surface area contributed by atoms with Crippen LogP contribution in [0.1, 0.15) is 163 Å². The molecule has 1 saturated carbocycles. The monoisotopic (exact) mass is 1960 g/mol. The molecule has 5 aromatic rings. The number of ether oxygens (including phenoxy) is 1. The number of aromatic amines is 1. The van der Waals surface area contributed by atoms with Crippen molar-refractivity contribution in [2.75, 3.05) is 37.7 Å². The lowest BCUT2D eigenvalue weighted by Crippen LogP contribution is -2.63. The molecular formula is C96H138N20O22S. The van der Waals surface area contributed by atoms with E-state index in [4.69, 9.17) is 27.7 Å². The number of aliphatic carboxylic acids is 2. The van der Waals surface area contributed by atoms with E-state index in [-0.39, 0.29) is 87.6 Å². The van der Waals surface area contributed by atoms with Crippen molar-refractivity contribution in [3.63, 3.8) is 0 Å². The minimum Gasteiger partial charge on any atom is -0.482 e. The molecular weight excluding hydrogens is 1820 g/mol. The summed E-state index contributed by atoms with van der Waals surface area (Å²) in [6.07, 6.45) is 1.40. The lowest BCUT2D eigenvalue weighted by atomic mass is 9.84. The smallest absolute Gasteiger partial charge is 0.341 e. The van der Waals surface area contributed by atoms with Crippen molar-refractivity contribution >= 4 is 129 Å². The van der Waals surface area contributed by atoms with Gasteiger partial charge in [0, 0.05) is 48.7 Å². The number of aromatic nitrogens is 1. The normalized spacial score (nSPS) is 24.2. The number of carbonyl (C=O) groups excluding carboxylic acids is 16. The first-order valence-electron chi connectivity index (χ1n) is 47.1. The molecule has 1 aliphatic heterocycles. The number of aliphatic hydroxyl groups excluding tert-OH is 1. The zero-order valence-corrected chi connectivity index (χ0v) is 81.0. The number of hydrogen-bond donors (Lipinski definition) is 23. The Bertz CT molecular complexity index is 5040. The maximum Gasteiger partial charge on any atom is 0.341 e. The first-order chi connectivity index (χ1) is 66.0. The Morgan fingerprint density at radius 2 is 0.928 bits per heavy atom. The first-order valence-corrected chi connectivity index (χ1v) is 48.2. The van der Waals surface area contributed by atoms with Crippen molar-refractivity contribution in [2.45, 2.75) is 262 Å². The number of fused-ring (bicyclic) bond motifs is 1. The quantitative estimate of drug-likeness (QED) is 0.0266. The van der Waals surface area contributed by atoms with Gasteiger partial charge < -0.3 is 128 Å². The fourth-order valence-electron chi connectivity index (χ4n) is 16.0. The van der Waals surface area contributed by atoms with Crippen LogP contribution < -0.4 is 107 Å². The van der Waals surface area contributed by atoms with E-state index in [0.717, 1.165) is 37.3 Å². The van der Waals surface area contributed by atoms with Gasteiger partial charge in [-0.15, -0.1) is 11.8 Å². The number of nitrogens with two attached hydrogens (primary N) is 4. The highest BCUT2D eigenvalue weighted by Gasteiger charge is 2.42. The Hall–Kier alpha value is -13.1. The van der Waals surface area contributed by atoms with E-state index in [1.807, 2.05) is 30.3 Å². The zero-order chi connectivity index (χ0) is 102. The molecule has 1 saturated heterocycles. The molecule has 7 rings (SSSR count). The third kappa shape index (κ3) is 36.0. The van der Waals surface area contributed by atoms with Crippen LogP contribution >= 0.6 is 11.8 Å². The number of rotatable bonds is 30. The number of hydrogen-bond acceptors (Lipinski definition) is 24. The van der Waals surface area contributed by atoms with Gasteiger partial charge in [-0.25, -0.2) is 4.79 Å². The summed E-state index contributed by atoms with van der Waals surface area (Å²) >= 11 is 0.673. The predicted molar refractivity (Wildman–Crippen MR) is 517 cm³/mol. The SMILES string of the molecule is CCC(C)[C@@H]1NC(=O)[C@H](Cc2ccc(-c3ccccc3)cc2)NC(=O)[C@H](C(C)C)NC(=O)[C@H](Cc2c[nH]c3ccccc23)NC(=O)[C@H](CC(=O)O)NC(=O)[C@H](Cc2ccc(OCC(=O)O)cc2)NC(=O)[C@H](CN)NC(=O)CSC[C@@H](C(=O)N[C@@H](C)C(N)=O)NC(=O)[C@H](C(C)O)NC(=O)[C@H](C(C)C)NC(=O)[C@H](CC2CCCCC2)NC(=O)[C@H](CCN)NC(=O)[C@@H](CC(C)C)NC(=O)[C@H](CCCN)NC1=O. The first kappa shape index (κ1) is 113. The topological polar surface area (TPSA) is 677 Å². The summed E-state index contributed by atoms with van der Waals surface area (Å²) in [7, 11) is 0. The Balaban J connectivity index is 1.33. The van der Waals surface area contributed by atoms with Crippen molar-refractivity contribution in [3.8, 4) is 16.9 Å². The van der Waals surface area contributed by atoms with Crippen molar-refractivity contribution in [2.24, 2.45) is 52.5 Å². The molecule has 0 spiro atoms. The summed E-state index contributed by atoms with van der Waals surface area (Å²) in [6.45, 7) is 14.0. The van der Waals surface area contributed by atoms with Gasteiger partial charge in [-0.3, -0.25) is 81.5 Å². The van der Waals surface area contributed by atoms with Crippen molar-refractivity contribution in [3.05, 3.63) is 126 Å². The number of carbonyl (C=O) groups is 18. The zero-order valence-electron chi connectivity index (χ0n) is 80.2. The lowest BCUT2D eigenvalue weighted by molar-refractivity contribution is -0.142. The highest BCUT2D eigenvalue weighted by atomic mass is 32.2. The van der Waals surface area contributed by atoms with Crippen molar-refractivity contribution in [1.29, 1.82) is 0 Å². The molecule has 16 amide bonds. The van der Waals surface area contributed by atoms with E-state index < -0.39 is 258 Å². The van der Waals surface area contributed by atoms with Crippen LogP contribution in [0, 0.1) is 29.6 Å². The van der Waals surface area contributed by atoms with Crippen molar-refractivity contribution < 1.29 is 106 Å². The molecule has 0 bridgehead atoms. The molecule has 1 aromatic heterocycles. The van der Waals surface area contributed by atoms with Gasteiger partial charge in [-0.05, 0) is 135 Å². The van der Waals surface area contributed by atoms with Crippen LogP contribution in [0.4, 0.5) is 0 Å². The Morgan fingerprint density at radius 1 is 0.468 bits per heavy atom. The number of thioether (sulfide) groups is 1.